The summed E-state index contributed by atoms with van der Waals surface area (Å²) in [5.41, 5.74) is 0.801. The van der Waals surface area contributed by atoms with Crippen LogP contribution < -0.4 is 5.32 Å². The van der Waals surface area contributed by atoms with Crippen molar-refractivity contribution < 1.29 is 14.6 Å². The molecule has 1 aromatic rings. The molecule has 2 atom stereocenters. The van der Waals surface area contributed by atoms with Gasteiger partial charge in [0.15, 0.2) is 0 Å². The standard InChI is InChI=1S/C13H16BrNO3/c14-10-5-1-2-6-11(10)15-12(13(16)17)9-4-3-7-18-8-9/h1-2,5-6,9,12,15H,3-4,7-8H2,(H,16,17). The number of anilines is 1. The van der Waals surface area contributed by atoms with E-state index in [9.17, 15) is 9.90 Å². The zero-order chi connectivity index (χ0) is 13.0. The summed E-state index contributed by atoms with van der Waals surface area (Å²) < 4.78 is 6.23. The fourth-order valence-electron chi connectivity index (χ4n) is 2.16. The lowest BCUT2D eigenvalue weighted by atomic mass is 9.93. The molecule has 1 aliphatic heterocycles. The second-order valence-electron chi connectivity index (χ2n) is 4.42. The number of carboxylic acid groups (broad SMARTS) is 1. The molecule has 18 heavy (non-hydrogen) atoms. The molecule has 0 aliphatic carbocycles. The van der Waals surface area contributed by atoms with Crippen LogP contribution in [0.4, 0.5) is 5.69 Å². The predicted octanol–water partition coefficient (Wildman–Crippen LogP) is 2.74. The number of hydrogen-bond acceptors (Lipinski definition) is 3. The smallest absolute Gasteiger partial charge is 0.326 e. The van der Waals surface area contributed by atoms with Crippen LogP contribution in [0.25, 0.3) is 0 Å². The second-order valence-corrected chi connectivity index (χ2v) is 5.27. The third-order valence-corrected chi connectivity index (χ3v) is 3.81. The van der Waals surface area contributed by atoms with E-state index in [4.69, 9.17) is 4.74 Å². The van der Waals surface area contributed by atoms with Crippen LogP contribution in [0, 0.1) is 5.92 Å². The zero-order valence-corrected chi connectivity index (χ0v) is 11.5. The topological polar surface area (TPSA) is 58.6 Å². The molecule has 2 N–H and O–H groups in total. The quantitative estimate of drug-likeness (QED) is 0.897. The summed E-state index contributed by atoms with van der Waals surface area (Å²) in [6, 6.07) is 6.92. The molecule has 0 bridgehead atoms. The van der Waals surface area contributed by atoms with Crippen LogP contribution in [0.1, 0.15) is 12.8 Å². The molecule has 1 heterocycles. The highest BCUT2D eigenvalue weighted by atomic mass is 79.9. The van der Waals surface area contributed by atoms with Crippen molar-refractivity contribution in [2.45, 2.75) is 18.9 Å². The van der Waals surface area contributed by atoms with Crippen LogP contribution in [0.2, 0.25) is 0 Å². The van der Waals surface area contributed by atoms with E-state index in [1.165, 1.54) is 0 Å². The van der Waals surface area contributed by atoms with Crippen molar-refractivity contribution in [2.24, 2.45) is 5.92 Å². The van der Waals surface area contributed by atoms with Gasteiger partial charge in [-0.1, -0.05) is 12.1 Å². The minimum atomic E-state index is -0.832. The lowest BCUT2D eigenvalue weighted by molar-refractivity contribution is -0.140. The average molecular weight is 314 g/mol. The Labute approximate surface area is 114 Å². The van der Waals surface area contributed by atoms with Gasteiger partial charge in [0, 0.05) is 22.7 Å². The van der Waals surface area contributed by atoms with Gasteiger partial charge in [-0.3, -0.25) is 0 Å². The average Bonchev–Trinajstić information content (AvgIpc) is 2.38. The Kier molecular flexibility index (Phi) is 4.60. The molecule has 1 saturated heterocycles. The molecule has 2 rings (SSSR count). The van der Waals surface area contributed by atoms with Crippen LogP contribution in [0.3, 0.4) is 0 Å². The van der Waals surface area contributed by atoms with Crippen LogP contribution in [0.15, 0.2) is 28.7 Å². The Balaban J connectivity index is 2.11. The van der Waals surface area contributed by atoms with Crippen molar-refractivity contribution >= 4 is 27.6 Å². The molecular weight excluding hydrogens is 298 g/mol. The van der Waals surface area contributed by atoms with Gasteiger partial charge in [0.25, 0.3) is 0 Å². The second kappa shape index (κ2) is 6.20. The first-order chi connectivity index (χ1) is 8.68. The Morgan fingerprint density at radius 1 is 1.50 bits per heavy atom. The minimum Gasteiger partial charge on any atom is -0.480 e. The molecule has 1 fully saturated rings. The van der Waals surface area contributed by atoms with E-state index in [0.29, 0.717) is 6.61 Å². The molecule has 5 heteroatoms. The number of hydrogen-bond donors (Lipinski definition) is 2. The van der Waals surface area contributed by atoms with E-state index in [1.807, 2.05) is 24.3 Å². The SMILES string of the molecule is O=C(O)C(Nc1ccccc1Br)C1CCCOC1. The van der Waals surface area contributed by atoms with Gasteiger partial charge < -0.3 is 15.2 Å². The highest BCUT2D eigenvalue weighted by Crippen LogP contribution is 2.26. The van der Waals surface area contributed by atoms with Crippen molar-refractivity contribution in [1.29, 1.82) is 0 Å². The lowest BCUT2D eigenvalue weighted by Crippen LogP contribution is -2.41. The summed E-state index contributed by atoms with van der Waals surface area (Å²) in [7, 11) is 0. The van der Waals surface area contributed by atoms with Crippen molar-refractivity contribution in [2.75, 3.05) is 18.5 Å². The fourth-order valence-corrected chi connectivity index (χ4v) is 2.55. The maximum Gasteiger partial charge on any atom is 0.326 e. The van der Waals surface area contributed by atoms with Gasteiger partial charge in [-0.2, -0.15) is 0 Å². The van der Waals surface area contributed by atoms with E-state index >= 15 is 0 Å². The highest BCUT2D eigenvalue weighted by molar-refractivity contribution is 9.10. The number of halogens is 1. The summed E-state index contributed by atoms with van der Waals surface area (Å²) in [5, 5.41) is 12.4. The Bertz CT molecular complexity index is 418. The molecule has 0 amide bonds. The van der Waals surface area contributed by atoms with Crippen molar-refractivity contribution in [3.8, 4) is 0 Å². The largest absolute Gasteiger partial charge is 0.480 e. The van der Waals surface area contributed by atoms with E-state index in [0.717, 1.165) is 29.6 Å². The zero-order valence-electron chi connectivity index (χ0n) is 9.93. The number of ether oxygens (including phenoxy) is 1. The van der Waals surface area contributed by atoms with E-state index in [2.05, 4.69) is 21.2 Å². The van der Waals surface area contributed by atoms with E-state index in [1.54, 1.807) is 0 Å². The van der Waals surface area contributed by atoms with Crippen LogP contribution in [0.5, 0.6) is 0 Å². The third kappa shape index (κ3) is 3.23. The first-order valence-corrected chi connectivity index (χ1v) is 6.79. The van der Waals surface area contributed by atoms with Crippen LogP contribution in [-0.4, -0.2) is 30.3 Å². The number of aliphatic carboxylic acids is 1. The Hall–Kier alpha value is -1.07. The van der Waals surface area contributed by atoms with Gasteiger partial charge in [0.2, 0.25) is 0 Å². The first kappa shape index (κ1) is 13.4. The fraction of sp³-hybridized carbons (Fsp3) is 0.462. The van der Waals surface area contributed by atoms with Crippen molar-refractivity contribution in [3.63, 3.8) is 0 Å². The summed E-state index contributed by atoms with van der Waals surface area (Å²) in [5.74, 6) is -0.815. The number of benzene rings is 1. The summed E-state index contributed by atoms with van der Waals surface area (Å²) >= 11 is 3.41. The van der Waals surface area contributed by atoms with Crippen molar-refractivity contribution in [3.05, 3.63) is 28.7 Å². The molecule has 4 nitrogen and oxygen atoms in total. The van der Waals surface area contributed by atoms with Crippen LogP contribution in [-0.2, 0) is 9.53 Å². The number of carboxylic acids is 1. The molecule has 0 spiro atoms. The lowest BCUT2D eigenvalue weighted by Gasteiger charge is -2.29. The summed E-state index contributed by atoms with van der Waals surface area (Å²) in [6.07, 6.45) is 1.81. The molecule has 1 aliphatic rings. The molecule has 0 aromatic heterocycles. The minimum absolute atomic E-state index is 0.0170. The van der Waals surface area contributed by atoms with Gasteiger partial charge in [0.05, 0.1) is 6.61 Å². The van der Waals surface area contributed by atoms with Gasteiger partial charge in [0.1, 0.15) is 6.04 Å². The van der Waals surface area contributed by atoms with Gasteiger partial charge in [-0.15, -0.1) is 0 Å². The summed E-state index contributed by atoms with van der Waals surface area (Å²) in [4.78, 5) is 11.4. The predicted molar refractivity (Wildman–Crippen MR) is 72.7 cm³/mol. The van der Waals surface area contributed by atoms with Gasteiger partial charge >= 0.3 is 5.97 Å². The maximum absolute atomic E-state index is 11.4. The normalized spacial score (nSPS) is 21.3. The Morgan fingerprint density at radius 2 is 2.28 bits per heavy atom. The first-order valence-electron chi connectivity index (χ1n) is 6.00. The number of para-hydroxylation sites is 1. The number of nitrogens with one attached hydrogen (secondary N) is 1. The highest BCUT2D eigenvalue weighted by Gasteiger charge is 2.30. The number of rotatable bonds is 4. The Morgan fingerprint density at radius 3 is 2.89 bits per heavy atom. The maximum atomic E-state index is 11.4. The van der Waals surface area contributed by atoms with Gasteiger partial charge in [-0.25, -0.2) is 4.79 Å². The van der Waals surface area contributed by atoms with E-state index in [-0.39, 0.29) is 5.92 Å². The molecule has 1 aromatic carbocycles. The molecule has 0 radical (unpaired) electrons. The van der Waals surface area contributed by atoms with E-state index < -0.39 is 12.0 Å². The summed E-state index contributed by atoms with van der Waals surface area (Å²) in [6.45, 7) is 1.24. The molecule has 0 saturated carbocycles. The molecule has 98 valence electrons. The molecular formula is C13H16BrNO3. The van der Waals surface area contributed by atoms with Crippen LogP contribution >= 0.6 is 15.9 Å². The monoisotopic (exact) mass is 313 g/mol. The molecule has 2 unspecified atom stereocenters. The van der Waals surface area contributed by atoms with Gasteiger partial charge in [-0.05, 0) is 40.9 Å². The number of carbonyl (C=O) groups is 1. The third-order valence-electron chi connectivity index (χ3n) is 3.12. The van der Waals surface area contributed by atoms with Crippen molar-refractivity contribution in [1.82, 2.24) is 0 Å².